The molecule has 104 valence electrons. The minimum absolute atomic E-state index is 0.146. The number of urea groups is 1. The average molecular weight is 335 g/mol. The van der Waals surface area contributed by atoms with E-state index >= 15 is 0 Å². The van der Waals surface area contributed by atoms with Gasteiger partial charge in [0.15, 0.2) is 6.04 Å². The van der Waals surface area contributed by atoms with Crippen molar-refractivity contribution >= 4 is 33.6 Å². The lowest BCUT2D eigenvalue weighted by atomic mass is 10.2. The molecule has 0 bridgehead atoms. The fourth-order valence-corrected chi connectivity index (χ4v) is 1.63. The zero-order valence-corrected chi connectivity index (χ0v) is 11.4. The molecule has 1 rings (SSSR count). The number of nitrogens with one attached hydrogen (secondary N) is 2. The van der Waals surface area contributed by atoms with Crippen molar-refractivity contribution < 1.29 is 24.2 Å². The summed E-state index contributed by atoms with van der Waals surface area (Å²) in [4.78, 5) is 22.3. The lowest BCUT2D eigenvalue weighted by Crippen LogP contribution is -2.49. The number of carboxylic acids is 1. The van der Waals surface area contributed by atoms with Crippen molar-refractivity contribution in [2.75, 3.05) is 5.32 Å². The molecule has 0 unspecified atom stereocenters. The summed E-state index contributed by atoms with van der Waals surface area (Å²) in [5.41, 5.74) is 0.146. The second-order valence-corrected chi connectivity index (χ2v) is 4.63. The maximum absolute atomic E-state index is 13.0. The van der Waals surface area contributed by atoms with Crippen molar-refractivity contribution in [1.29, 1.82) is 0 Å². The predicted molar refractivity (Wildman–Crippen MR) is 69.4 cm³/mol. The van der Waals surface area contributed by atoms with Crippen LogP contribution < -0.4 is 10.6 Å². The van der Waals surface area contributed by atoms with Crippen molar-refractivity contribution in [3.8, 4) is 0 Å². The van der Waals surface area contributed by atoms with Crippen molar-refractivity contribution in [3.05, 3.63) is 28.5 Å². The molecular weight excluding hydrogens is 323 g/mol. The number of amides is 2. The molecule has 8 heteroatoms. The molecule has 4 N–H and O–H groups in total. The number of rotatable bonds is 4. The third-order valence-corrected chi connectivity index (χ3v) is 2.90. The zero-order chi connectivity index (χ0) is 14.6. The highest BCUT2D eigenvalue weighted by Crippen LogP contribution is 2.22. The van der Waals surface area contributed by atoms with Gasteiger partial charge in [0, 0.05) is 4.47 Å². The van der Waals surface area contributed by atoms with Gasteiger partial charge in [0.25, 0.3) is 0 Å². The quantitative estimate of drug-likeness (QED) is 0.671. The predicted octanol–water partition coefficient (Wildman–Crippen LogP) is 1.54. The Morgan fingerprint density at radius 3 is 2.58 bits per heavy atom. The summed E-state index contributed by atoms with van der Waals surface area (Å²) >= 11 is 3.11. The van der Waals surface area contributed by atoms with Crippen LogP contribution in [0.4, 0.5) is 14.9 Å². The monoisotopic (exact) mass is 334 g/mol. The van der Waals surface area contributed by atoms with E-state index in [0.717, 1.165) is 6.07 Å². The first kappa shape index (κ1) is 15.4. The molecule has 0 aromatic heterocycles. The fraction of sp³-hybridized carbons (Fsp3) is 0.273. The molecule has 6 nitrogen and oxygen atoms in total. The van der Waals surface area contributed by atoms with Gasteiger partial charge in [0.2, 0.25) is 0 Å². The van der Waals surface area contributed by atoms with Gasteiger partial charge < -0.3 is 20.8 Å². The molecule has 1 aromatic carbocycles. The summed E-state index contributed by atoms with van der Waals surface area (Å²) in [6.45, 7) is 1.23. The van der Waals surface area contributed by atoms with E-state index < -0.39 is 30.0 Å². The lowest BCUT2D eigenvalue weighted by molar-refractivity contribution is -0.141. The van der Waals surface area contributed by atoms with Crippen molar-refractivity contribution in [1.82, 2.24) is 5.32 Å². The maximum atomic E-state index is 13.0. The highest BCUT2D eigenvalue weighted by atomic mass is 79.9. The van der Waals surface area contributed by atoms with E-state index in [-0.39, 0.29) is 5.69 Å². The molecule has 0 aliphatic rings. The Morgan fingerprint density at radius 2 is 2.05 bits per heavy atom. The van der Waals surface area contributed by atoms with Crippen LogP contribution in [0, 0.1) is 5.82 Å². The number of carboxylic acid groups (broad SMARTS) is 1. The molecule has 19 heavy (non-hydrogen) atoms. The molecular formula is C11H12BrFN2O4. The van der Waals surface area contributed by atoms with Gasteiger partial charge >= 0.3 is 12.0 Å². The summed E-state index contributed by atoms with van der Waals surface area (Å²) in [6.07, 6.45) is -1.26. The van der Waals surface area contributed by atoms with E-state index in [2.05, 4.69) is 26.6 Å². The summed E-state index contributed by atoms with van der Waals surface area (Å²) in [5, 5.41) is 22.3. The third kappa shape index (κ3) is 4.49. The minimum Gasteiger partial charge on any atom is -0.480 e. The van der Waals surface area contributed by atoms with Gasteiger partial charge in [0.1, 0.15) is 5.82 Å². The zero-order valence-electron chi connectivity index (χ0n) is 9.85. The molecule has 0 aliphatic heterocycles. The van der Waals surface area contributed by atoms with Crippen LogP contribution in [-0.4, -0.2) is 34.4 Å². The Balaban J connectivity index is 2.74. The Bertz CT molecular complexity index is 496. The second kappa shape index (κ2) is 6.48. The summed E-state index contributed by atoms with van der Waals surface area (Å²) in [5.74, 6) is -1.92. The van der Waals surface area contributed by atoms with Gasteiger partial charge in [-0.2, -0.15) is 0 Å². The Labute approximate surface area is 116 Å². The largest absolute Gasteiger partial charge is 0.480 e. The standard InChI is InChI=1S/C11H12BrFN2O4/c1-5(16)9(10(17)18)15-11(19)14-8-4-6(13)2-3-7(8)12/h2-5,9,16H,1H3,(H,17,18)(H2,14,15,19)/t5-,9+/m1/s1. The normalized spacial score (nSPS) is 13.5. The fourth-order valence-electron chi connectivity index (χ4n) is 1.28. The van der Waals surface area contributed by atoms with E-state index in [9.17, 15) is 19.1 Å². The Morgan fingerprint density at radius 1 is 1.42 bits per heavy atom. The van der Waals surface area contributed by atoms with Crippen molar-refractivity contribution in [3.63, 3.8) is 0 Å². The molecule has 0 fully saturated rings. The van der Waals surface area contributed by atoms with Crippen LogP contribution in [-0.2, 0) is 4.79 Å². The number of anilines is 1. The van der Waals surface area contributed by atoms with Gasteiger partial charge in [-0.05, 0) is 41.1 Å². The number of hydrogen-bond acceptors (Lipinski definition) is 3. The third-order valence-electron chi connectivity index (χ3n) is 2.21. The van der Waals surface area contributed by atoms with Crippen LogP contribution in [0.3, 0.4) is 0 Å². The summed E-state index contributed by atoms with van der Waals surface area (Å²) < 4.78 is 13.4. The molecule has 2 amide bonds. The SMILES string of the molecule is C[C@@H](O)[C@H](NC(=O)Nc1cc(F)ccc1Br)C(=O)O. The molecule has 0 radical (unpaired) electrons. The molecule has 1 aromatic rings. The van der Waals surface area contributed by atoms with E-state index in [4.69, 9.17) is 5.11 Å². The number of aliphatic carboxylic acids is 1. The average Bonchev–Trinajstić information content (AvgIpc) is 2.30. The van der Waals surface area contributed by atoms with Crippen LogP contribution in [0.2, 0.25) is 0 Å². The van der Waals surface area contributed by atoms with Crippen LogP contribution >= 0.6 is 15.9 Å². The number of carbonyl (C=O) groups is 2. The van der Waals surface area contributed by atoms with Gasteiger partial charge in [-0.25, -0.2) is 14.0 Å². The van der Waals surface area contributed by atoms with E-state index in [1.165, 1.54) is 19.1 Å². The van der Waals surface area contributed by atoms with E-state index in [0.29, 0.717) is 4.47 Å². The number of carbonyl (C=O) groups excluding carboxylic acids is 1. The lowest BCUT2D eigenvalue weighted by Gasteiger charge is -2.17. The van der Waals surface area contributed by atoms with Gasteiger partial charge in [-0.15, -0.1) is 0 Å². The number of benzene rings is 1. The maximum Gasteiger partial charge on any atom is 0.328 e. The molecule has 0 saturated carbocycles. The highest BCUT2D eigenvalue weighted by Gasteiger charge is 2.25. The summed E-state index contributed by atoms with van der Waals surface area (Å²) in [6, 6.07) is 1.35. The van der Waals surface area contributed by atoms with Crippen LogP contribution in [0.15, 0.2) is 22.7 Å². The number of hydrogen-bond donors (Lipinski definition) is 4. The smallest absolute Gasteiger partial charge is 0.328 e. The van der Waals surface area contributed by atoms with Gasteiger partial charge in [-0.1, -0.05) is 0 Å². The van der Waals surface area contributed by atoms with Crippen molar-refractivity contribution in [2.24, 2.45) is 0 Å². The first-order chi connectivity index (χ1) is 8.81. The Hall–Kier alpha value is -1.67. The number of aliphatic hydroxyl groups is 1. The van der Waals surface area contributed by atoms with Crippen LogP contribution in [0.25, 0.3) is 0 Å². The first-order valence-corrected chi connectivity index (χ1v) is 6.04. The van der Waals surface area contributed by atoms with Crippen LogP contribution in [0.1, 0.15) is 6.92 Å². The molecule has 0 heterocycles. The number of halogens is 2. The molecule has 0 aliphatic carbocycles. The first-order valence-electron chi connectivity index (χ1n) is 5.24. The highest BCUT2D eigenvalue weighted by molar-refractivity contribution is 9.10. The van der Waals surface area contributed by atoms with E-state index in [1.807, 2.05) is 0 Å². The van der Waals surface area contributed by atoms with Gasteiger partial charge in [0.05, 0.1) is 11.8 Å². The van der Waals surface area contributed by atoms with Gasteiger partial charge in [-0.3, -0.25) is 0 Å². The minimum atomic E-state index is -1.45. The molecule has 0 saturated heterocycles. The van der Waals surface area contributed by atoms with Crippen molar-refractivity contribution in [2.45, 2.75) is 19.1 Å². The topological polar surface area (TPSA) is 98.7 Å². The molecule has 2 atom stereocenters. The Kier molecular flexibility index (Phi) is 5.25. The second-order valence-electron chi connectivity index (χ2n) is 3.78. The molecule has 0 spiro atoms. The summed E-state index contributed by atoms with van der Waals surface area (Å²) in [7, 11) is 0. The van der Waals surface area contributed by atoms with Crippen LogP contribution in [0.5, 0.6) is 0 Å². The van der Waals surface area contributed by atoms with E-state index in [1.54, 1.807) is 0 Å². The number of aliphatic hydroxyl groups excluding tert-OH is 1.